The van der Waals surface area contributed by atoms with Crippen molar-refractivity contribution in [2.24, 2.45) is 5.92 Å². The Morgan fingerprint density at radius 1 is 1.40 bits per heavy atom. The molecule has 2 rings (SSSR count). The average Bonchev–Trinajstić information content (AvgIpc) is 2.56. The number of hydrogen-bond acceptors (Lipinski definition) is 2. The van der Waals surface area contributed by atoms with Gasteiger partial charge < -0.3 is 5.32 Å². The fraction of sp³-hybridized carbons (Fsp3) is 0.615. The van der Waals surface area contributed by atoms with Gasteiger partial charge in [0.25, 0.3) is 0 Å². The Morgan fingerprint density at radius 2 is 2.40 bits per heavy atom. The zero-order valence-corrected chi connectivity index (χ0v) is 9.28. The van der Waals surface area contributed by atoms with E-state index in [2.05, 4.69) is 16.4 Å². The Labute approximate surface area is 92.1 Å². The van der Waals surface area contributed by atoms with Crippen LogP contribution in [0.25, 0.3) is 0 Å². The Bertz CT molecular complexity index is 263. The lowest BCUT2D eigenvalue weighted by Gasteiger charge is -2.13. The number of aromatic nitrogens is 1. The highest BCUT2D eigenvalue weighted by molar-refractivity contribution is 5.08. The lowest BCUT2D eigenvalue weighted by atomic mass is 9.96. The second kappa shape index (κ2) is 5.86. The second-order valence-electron chi connectivity index (χ2n) is 4.47. The summed E-state index contributed by atoms with van der Waals surface area (Å²) in [6, 6.07) is 4.21. The van der Waals surface area contributed by atoms with E-state index in [0.29, 0.717) is 0 Å². The highest BCUT2D eigenvalue weighted by atomic mass is 14.9. The minimum Gasteiger partial charge on any atom is -0.316 e. The number of aryl methyl sites for hydroxylation is 1. The molecule has 0 amide bonds. The van der Waals surface area contributed by atoms with Crippen molar-refractivity contribution in [3.05, 3.63) is 30.1 Å². The van der Waals surface area contributed by atoms with E-state index in [4.69, 9.17) is 0 Å². The van der Waals surface area contributed by atoms with Crippen LogP contribution in [0.5, 0.6) is 0 Å². The molecule has 1 N–H and O–H groups in total. The number of pyridine rings is 1. The van der Waals surface area contributed by atoms with E-state index < -0.39 is 0 Å². The monoisotopic (exact) mass is 204 g/mol. The molecule has 1 aliphatic heterocycles. The zero-order valence-electron chi connectivity index (χ0n) is 9.28. The van der Waals surface area contributed by atoms with Crippen LogP contribution in [0.1, 0.15) is 31.2 Å². The van der Waals surface area contributed by atoms with Crippen LogP contribution in [-0.2, 0) is 6.42 Å². The van der Waals surface area contributed by atoms with Crippen LogP contribution in [0.15, 0.2) is 24.5 Å². The molecular weight excluding hydrogens is 184 g/mol. The van der Waals surface area contributed by atoms with Crippen molar-refractivity contribution in [3.63, 3.8) is 0 Å². The summed E-state index contributed by atoms with van der Waals surface area (Å²) < 4.78 is 0. The van der Waals surface area contributed by atoms with Gasteiger partial charge in [0.2, 0.25) is 0 Å². The molecular formula is C13H20N2. The van der Waals surface area contributed by atoms with Gasteiger partial charge in [-0.15, -0.1) is 0 Å². The van der Waals surface area contributed by atoms with Gasteiger partial charge in [0.1, 0.15) is 0 Å². The van der Waals surface area contributed by atoms with Gasteiger partial charge in [0.15, 0.2) is 0 Å². The number of rotatable bonds is 3. The molecule has 15 heavy (non-hydrogen) atoms. The predicted molar refractivity (Wildman–Crippen MR) is 62.8 cm³/mol. The van der Waals surface area contributed by atoms with Crippen molar-refractivity contribution in [3.8, 4) is 0 Å². The molecule has 0 radical (unpaired) electrons. The molecule has 0 aliphatic carbocycles. The fourth-order valence-electron chi connectivity index (χ4n) is 2.25. The summed E-state index contributed by atoms with van der Waals surface area (Å²) in [5, 5.41) is 3.52. The Morgan fingerprint density at radius 3 is 3.27 bits per heavy atom. The number of nitrogens with zero attached hydrogens (tertiary/aromatic N) is 1. The van der Waals surface area contributed by atoms with Gasteiger partial charge in [0, 0.05) is 12.4 Å². The van der Waals surface area contributed by atoms with E-state index in [-0.39, 0.29) is 0 Å². The van der Waals surface area contributed by atoms with Gasteiger partial charge in [-0.1, -0.05) is 12.5 Å². The first-order valence-corrected chi connectivity index (χ1v) is 6.05. The largest absolute Gasteiger partial charge is 0.316 e. The van der Waals surface area contributed by atoms with E-state index >= 15 is 0 Å². The van der Waals surface area contributed by atoms with Crippen molar-refractivity contribution < 1.29 is 0 Å². The third-order valence-electron chi connectivity index (χ3n) is 3.21. The lowest BCUT2D eigenvalue weighted by molar-refractivity contribution is 0.446. The van der Waals surface area contributed by atoms with Gasteiger partial charge in [-0.2, -0.15) is 0 Å². The van der Waals surface area contributed by atoms with Gasteiger partial charge >= 0.3 is 0 Å². The van der Waals surface area contributed by atoms with Crippen LogP contribution in [0.2, 0.25) is 0 Å². The molecule has 2 nitrogen and oxygen atoms in total. The van der Waals surface area contributed by atoms with Crippen molar-refractivity contribution in [2.45, 2.75) is 32.1 Å². The molecule has 82 valence electrons. The van der Waals surface area contributed by atoms with E-state index in [1.807, 2.05) is 18.5 Å². The molecule has 1 atom stereocenters. The van der Waals surface area contributed by atoms with Gasteiger partial charge in [-0.05, 0) is 56.3 Å². The smallest absolute Gasteiger partial charge is 0.0299 e. The molecule has 1 saturated heterocycles. The summed E-state index contributed by atoms with van der Waals surface area (Å²) in [6.45, 7) is 2.42. The van der Waals surface area contributed by atoms with E-state index in [1.54, 1.807) is 0 Å². The van der Waals surface area contributed by atoms with Crippen molar-refractivity contribution in [1.82, 2.24) is 10.3 Å². The second-order valence-corrected chi connectivity index (χ2v) is 4.47. The topological polar surface area (TPSA) is 24.9 Å². The van der Waals surface area contributed by atoms with Gasteiger partial charge in [0.05, 0.1) is 0 Å². The summed E-state index contributed by atoms with van der Waals surface area (Å²) in [6.07, 6.45) is 10.5. The third-order valence-corrected chi connectivity index (χ3v) is 3.21. The standard InChI is InChI=1S/C13H20N2/c1-2-8-14-10-12(4-1)6-7-13-5-3-9-15-11-13/h3,5,9,11-12,14H,1-2,4,6-8,10H2. The minimum absolute atomic E-state index is 0.868. The first-order valence-electron chi connectivity index (χ1n) is 6.05. The maximum absolute atomic E-state index is 4.15. The average molecular weight is 204 g/mol. The molecule has 0 spiro atoms. The van der Waals surface area contributed by atoms with Crippen LogP contribution in [-0.4, -0.2) is 18.1 Å². The Hall–Kier alpha value is -0.890. The number of nitrogens with one attached hydrogen (secondary N) is 1. The molecule has 0 bridgehead atoms. The van der Waals surface area contributed by atoms with Crippen molar-refractivity contribution in [1.29, 1.82) is 0 Å². The van der Waals surface area contributed by atoms with Crippen LogP contribution in [0.4, 0.5) is 0 Å². The quantitative estimate of drug-likeness (QED) is 0.818. The first-order chi connectivity index (χ1) is 7.45. The van der Waals surface area contributed by atoms with Crippen molar-refractivity contribution >= 4 is 0 Å². The van der Waals surface area contributed by atoms with E-state index in [1.165, 1.54) is 50.8 Å². The molecule has 0 saturated carbocycles. The summed E-state index contributed by atoms with van der Waals surface area (Å²) in [5.74, 6) is 0.868. The Balaban J connectivity index is 1.77. The van der Waals surface area contributed by atoms with Crippen LogP contribution >= 0.6 is 0 Å². The summed E-state index contributed by atoms with van der Waals surface area (Å²) in [4.78, 5) is 4.15. The molecule has 1 aromatic heterocycles. The Kier molecular flexibility index (Phi) is 4.15. The SMILES string of the molecule is c1cncc(CCC2CCCCNC2)c1. The maximum atomic E-state index is 4.15. The molecule has 2 heteroatoms. The third kappa shape index (κ3) is 3.63. The molecule has 2 heterocycles. The van der Waals surface area contributed by atoms with Crippen molar-refractivity contribution in [2.75, 3.05) is 13.1 Å². The highest BCUT2D eigenvalue weighted by Crippen LogP contribution is 2.17. The van der Waals surface area contributed by atoms with Crippen LogP contribution in [0.3, 0.4) is 0 Å². The van der Waals surface area contributed by atoms with Crippen LogP contribution < -0.4 is 5.32 Å². The summed E-state index contributed by atoms with van der Waals surface area (Å²) in [7, 11) is 0. The summed E-state index contributed by atoms with van der Waals surface area (Å²) >= 11 is 0. The maximum Gasteiger partial charge on any atom is 0.0299 e. The van der Waals surface area contributed by atoms with E-state index in [9.17, 15) is 0 Å². The molecule has 0 aromatic carbocycles. The number of hydrogen-bond donors (Lipinski definition) is 1. The highest BCUT2D eigenvalue weighted by Gasteiger charge is 2.11. The van der Waals surface area contributed by atoms with Crippen LogP contribution in [0, 0.1) is 5.92 Å². The minimum atomic E-state index is 0.868. The predicted octanol–water partition coefficient (Wildman–Crippen LogP) is 2.40. The fourth-order valence-corrected chi connectivity index (χ4v) is 2.25. The first kappa shape index (κ1) is 10.6. The molecule has 1 aromatic rings. The summed E-state index contributed by atoms with van der Waals surface area (Å²) in [5.41, 5.74) is 1.38. The lowest BCUT2D eigenvalue weighted by Crippen LogP contribution is -2.20. The molecule has 1 aliphatic rings. The van der Waals surface area contributed by atoms with Gasteiger partial charge in [-0.3, -0.25) is 4.98 Å². The van der Waals surface area contributed by atoms with Gasteiger partial charge in [-0.25, -0.2) is 0 Å². The zero-order chi connectivity index (χ0) is 10.3. The normalized spacial score (nSPS) is 22.3. The molecule has 1 fully saturated rings. The molecule has 1 unspecified atom stereocenters. The van der Waals surface area contributed by atoms with E-state index in [0.717, 1.165) is 5.92 Å².